The lowest BCUT2D eigenvalue weighted by Crippen LogP contribution is -2.27. The van der Waals surface area contributed by atoms with Crippen LogP contribution in [0.5, 0.6) is 0 Å². The highest BCUT2D eigenvalue weighted by molar-refractivity contribution is 7.89. The van der Waals surface area contributed by atoms with E-state index in [9.17, 15) is 13.2 Å². The second-order valence-corrected chi connectivity index (χ2v) is 9.95. The molecule has 1 aliphatic rings. The minimum atomic E-state index is -3.46. The second-order valence-electron chi connectivity index (χ2n) is 8.01. The Balaban J connectivity index is 1.36. The van der Waals surface area contributed by atoms with Gasteiger partial charge in [0.25, 0.3) is 0 Å². The summed E-state index contributed by atoms with van der Waals surface area (Å²) in [5.74, 6) is 0.581. The Morgan fingerprint density at radius 2 is 1.81 bits per heavy atom. The summed E-state index contributed by atoms with van der Waals surface area (Å²) in [7, 11) is -3.46. The van der Waals surface area contributed by atoms with Crippen LogP contribution in [0.4, 0.5) is 5.69 Å². The van der Waals surface area contributed by atoms with Gasteiger partial charge in [0.15, 0.2) is 0 Å². The predicted octanol–water partition coefficient (Wildman–Crippen LogP) is 3.71. The van der Waals surface area contributed by atoms with E-state index in [1.165, 1.54) is 4.31 Å². The lowest BCUT2D eigenvalue weighted by molar-refractivity contribution is -0.116. The smallest absolute Gasteiger partial charge is 0.243 e. The first kappa shape index (κ1) is 22.2. The number of anilines is 1. The normalized spacial score (nSPS) is 14.6. The third kappa shape index (κ3) is 4.89. The zero-order valence-corrected chi connectivity index (χ0v) is 19.0. The Bertz CT molecular complexity index is 1210. The molecule has 1 N–H and O–H groups in total. The number of amides is 1. The average Bonchev–Trinajstić information content (AvgIpc) is 3.47. The van der Waals surface area contributed by atoms with Crippen molar-refractivity contribution in [1.82, 2.24) is 14.4 Å². The first-order chi connectivity index (χ1) is 15.3. The van der Waals surface area contributed by atoms with Gasteiger partial charge in [-0.15, -0.1) is 0 Å². The summed E-state index contributed by atoms with van der Waals surface area (Å²) in [4.78, 5) is 16.9. The van der Waals surface area contributed by atoms with Gasteiger partial charge in [0, 0.05) is 37.2 Å². The number of hydrogen-bond donors (Lipinski definition) is 1. The summed E-state index contributed by atoms with van der Waals surface area (Å²) in [5, 5.41) is 6.86. The van der Waals surface area contributed by atoms with Crippen molar-refractivity contribution in [1.29, 1.82) is 0 Å². The van der Waals surface area contributed by atoms with Crippen LogP contribution in [0, 0.1) is 13.8 Å². The highest BCUT2D eigenvalue weighted by Gasteiger charge is 2.27. The number of rotatable bonds is 7. The van der Waals surface area contributed by atoms with Gasteiger partial charge in [-0.3, -0.25) is 4.79 Å². The molecule has 168 valence electrons. The molecule has 32 heavy (non-hydrogen) atoms. The van der Waals surface area contributed by atoms with E-state index in [2.05, 4.69) is 15.5 Å². The summed E-state index contributed by atoms with van der Waals surface area (Å²) in [6.45, 7) is 5.09. The predicted molar refractivity (Wildman–Crippen MR) is 121 cm³/mol. The van der Waals surface area contributed by atoms with Crippen LogP contribution in [-0.4, -0.2) is 41.9 Å². The molecule has 9 heteroatoms. The van der Waals surface area contributed by atoms with E-state index in [-0.39, 0.29) is 17.2 Å². The van der Waals surface area contributed by atoms with Crippen molar-refractivity contribution in [2.75, 3.05) is 18.4 Å². The highest BCUT2D eigenvalue weighted by Crippen LogP contribution is 2.24. The van der Waals surface area contributed by atoms with Gasteiger partial charge in [0.05, 0.1) is 4.90 Å². The Morgan fingerprint density at radius 1 is 1.09 bits per heavy atom. The van der Waals surface area contributed by atoms with Gasteiger partial charge in [-0.2, -0.15) is 9.29 Å². The number of aryl methyl sites for hydroxylation is 3. The van der Waals surface area contributed by atoms with Gasteiger partial charge in [-0.25, -0.2) is 8.42 Å². The molecule has 1 amide bonds. The molecular weight excluding hydrogens is 428 g/mol. The fourth-order valence-electron chi connectivity index (χ4n) is 3.71. The molecule has 4 rings (SSSR count). The molecule has 2 heterocycles. The molecule has 0 saturated carbocycles. The quantitative estimate of drug-likeness (QED) is 0.583. The Kier molecular flexibility index (Phi) is 6.38. The van der Waals surface area contributed by atoms with E-state index in [0.29, 0.717) is 36.8 Å². The monoisotopic (exact) mass is 454 g/mol. The fourth-order valence-corrected chi connectivity index (χ4v) is 5.23. The largest absolute Gasteiger partial charge is 0.339 e. The minimum Gasteiger partial charge on any atom is -0.339 e. The number of nitrogens with one attached hydrogen (secondary N) is 1. The Hall–Kier alpha value is -3.04. The number of aromatic nitrogens is 2. The number of carbonyl (C=O) groups excluding carboxylic acids is 1. The van der Waals surface area contributed by atoms with Gasteiger partial charge in [0.1, 0.15) is 0 Å². The molecule has 1 aliphatic heterocycles. The topological polar surface area (TPSA) is 105 Å². The van der Waals surface area contributed by atoms with E-state index >= 15 is 0 Å². The molecule has 1 aromatic heterocycles. The van der Waals surface area contributed by atoms with E-state index < -0.39 is 10.0 Å². The summed E-state index contributed by atoms with van der Waals surface area (Å²) in [5.41, 5.74) is 3.59. The molecule has 0 unspecified atom stereocenters. The Morgan fingerprint density at radius 3 is 2.50 bits per heavy atom. The summed E-state index contributed by atoms with van der Waals surface area (Å²) in [6, 6.07) is 12.3. The van der Waals surface area contributed by atoms with Crippen molar-refractivity contribution in [3.63, 3.8) is 0 Å². The van der Waals surface area contributed by atoms with E-state index in [4.69, 9.17) is 4.52 Å². The van der Waals surface area contributed by atoms with Crippen LogP contribution >= 0.6 is 0 Å². The summed E-state index contributed by atoms with van der Waals surface area (Å²) in [6.07, 6.45) is 2.31. The Labute approximate surface area is 187 Å². The van der Waals surface area contributed by atoms with Crippen molar-refractivity contribution < 1.29 is 17.7 Å². The molecule has 0 spiro atoms. The number of carbonyl (C=O) groups is 1. The van der Waals surface area contributed by atoms with Crippen LogP contribution in [0.15, 0.2) is 51.9 Å². The molecule has 2 aromatic carbocycles. The van der Waals surface area contributed by atoms with Crippen molar-refractivity contribution >= 4 is 21.6 Å². The first-order valence-corrected chi connectivity index (χ1v) is 12.1. The van der Waals surface area contributed by atoms with Crippen molar-refractivity contribution in [2.24, 2.45) is 0 Å². The van der Waals surface area contributed by atoms with E-state index in [0.717, 1.165) is 29.7 Å². The van der Waals surface area contributed by atoms with Crippen molar-refractivity contribution in [2.45, 2.75) is 44.4 Å². The molecule has 0 atom stereocenters. The fraction of sp³-hybridized carbons (Fsp3) is 0.348. The van der Waals surface area contributed by atoms with Crippen LogP contribution in [0.2, 0.25) is 0 Å². The zero-order chi connectivity index (χ0) is 22.7. The van der Waals surface area contributed by atoms with E-state index in [1.54, 1.807) is 24.3 Å². The van der Waals surface area contributed by atoms with Crippen molar-refractivity contribution in [3.8, 4) is 11.4 Å². The zero-order valence-electron chi connectivity index (χ0n) is 18.2. The standard InChI is InChI=1S/C23H26N4O4S/c1-16-5-10-20(17(2)15-16)24-21(28)11-12-22-25-23(26-31-22)18-6-8-19(9-7-18)32(29,30)27-13-3-4-14-27/h5-10,15H,3-4,11-14H2,1-2H3,(H,24,28). The summed E-state index contributed by atoms with van der Waals surface area (Å²) >= 11 is 0. The maximum Gasteiger partial charge on any atom is 0.243 e. The number of nitrogens with zero attached hydrogens (tertiary/aromatic N) is 3. The van der Waals surface area contributed by atoms with Gasteiger partial charge < -0.3 is 9.84 Å². The van der Waals surface area contributed by atoms with Crippen LogP contribution in [-0.2, 0) is 21.2 Å². The SMILES string of the molecule is Cc1ccc(NC(=O)CCc2nc(-c3ccc(S(=O)(=O)N4CCCC4)cc3)no2)c(C)c1. The number of benzene rings is 2. The van der Waals surface area contributed by atoms with Gasteiger partial charge in [-0.05, 0) is 62.6 Å². The van der Waals surface area contributed by atoms with Gasteiger partial charge in [-0.1, -0.05) is 22.9 Å². The molecule has 1 fully saturated rings. The molecule has 0 radical (unpaired) electrons. The molecule has 8 nitrogen and oxygen atoms in total. The van der Waals surface area contributed by atoms with Crippen LogP contribution in [0.3, 0.4) is 0 Å². The minimum absolute atomic E-state index is 0.131. The number of hydrogen-bond acceptors (Lipinski definition) is 6. The second kappa shape index (κ2) is 9.22. The summed E-state index contributed by atoms with van der Waals surface area (Å²) < 4.78 is 32.1. The third-order valence-electron chi connectivity index (χ3n) is 5.51. The van der Waals surface area contributed by atoms with Gasteiger partial charge >= 0.3 is 0 Å². The number of sulfonamides is 1. The third-order valence-corrected chi connectivity index (χ3v) is 7.42. The average molecular weight is 455 g/mol. The van der Waals surface area contributed by atoms with E-state index in [1.807, 2.05) is 32.0 Å². The lowest BCUT2D eigenvalue weighted by atomic mass is 10.1. The van der Waals surface area contributed by atoms with Crippen LogP contribution in [0.1, 0.15) is 36.3 Å². The van der Waals surface area contributed by atoms with Crippen LogP contribution < -0.4 is 5.32 Å². The molecule has 0 aliphatic carbocycles. The van der Waals surface area contributed by atoms with Crippen molar-refractivity contribution in [3.05, 3.63) is 59.5 Å². The molecule has 1 saturated heterocycles. The van der Waals surface area contributed by atoms with Crippen LogP contribution in [0.25, 0.3) is 11.4 Å². The molecule has 3 aromatic rings. The first-order valence-electron chi connectivity index (χ1n) is 10.6. The maximum atomic E-state index is 12.6. The maximum absolute atomic E-state index is 12.6. The molecule has 0 bridgehead atoms. The lowest BCUT2D eigenvalue weighted by Gasteiger charge is -2.15. The van der Waals surface area contributed by atoms with Gasteiger partial charge in [0.2, 0.25) is 27.6 Å². The molecular formula is C23H26N4O4S. The highest BCUT2D eigenvalue weighted by atomic mass is 32.2.